The Morgan fingerprint density at radius 3 is 2.71 bits per heavy atom. The third-order valence-electron chi connectivity index (χ3n) is 3.82. The Morgan fingerprint density at radius 1 is 1.38 bits per heavy atom. The van der Waals surface area contributed by atoms with Crippen molar-refractivity contribution < 1.29 is 8.42 Å². The predicted molar refractivity (Wildman–Crippen MR) is 99.3 cm³/mol. The molecule has 1 N–H and O–H groups in total. The van der Waals surface area contributed by atoms with Crippen LogP contribution in [0.15, 0.2) is 23.2 Å². The fourth-order valence-corrected chi connectivity index (χ4v) is 4.46. The van der Waals surface area contributed by atoms with Crippen LogP contribution >= 0.6 is 23.2 Å². The number of rotatable bonds is 5. The summed E-state index contributed by atoms with van der Waals surface area (Å²) in [7, 11) is 0.545. The Balaban J connectivity index is 1.87. The van der Waals surface area contributed by atoms with Crippen LogP contribution in [0.2, 0.25) is 10.0 Å². The molecule has 0 spiro atoms. The van der Waals surface area contributed by atoms with Gasteiger partial charge >= 0.3 is 0 Å². The molecule has 1 heterocycles. The first-order valence-corrected chi connectivity index (χ1v) is 10.0. The van der Waals surface area contributed by atoms with E-state index in [1.54, 1.807) is 13.1 Å². The van der Waals surface area contributed by atoms with Crippen LogP contribution in [-0.4, -0.2) is 63.1 Å². The Hall–Kier alpha value is -1.02. The molecule has 1 fully saturated rings. The zero-order chi connectivity index (χ0) is 17.7. The first-order valence-electron chi connectivity index (χ1n) is 7.67. The normalized spacial score (nSPS) is 17.9. The summed E-state index contributed by atoms with van der Waals surface area (Å²) in [6.45, 7) is 2.17. The quantitative estimate of drug-likeness (QED) is 0.614. The molecule has 1 aliphatic rings. The van der Waals surface area contributed by atoms with Crippen molar-refractivity contribution >= 4 is 39.2 Å². The first kappa shape index (κ1) is 19.3. The maximum atomic E-state index is 11.8. The summed E-state index contributed by atoms with van der Waals surface area (Å²) in [6.07, 6.45) is 0.703. The van der Waals surface area contributed by atoms with Gasteiger partial charge in [-0.3, -0.25) is 4.99 Å². The van der Waals surface area contributed by atoms with Crippen LogP contribution in [0, 0.1) is 0 Å². The summed E-state index contributed by atoms with van der Waals surface area (Å²) >= 11 is 12.0. The van der Waals surface area contributed by atoms with Crippen LogP contribution in [0.25, 0.3) is 0 Å². The zero-order valence-corrected chi connectivity index (χ0v) is 16.1. The summed E-state index contributed by atoms with van der Waals surface area (Å²) in [5, 5.41) is 4.23. The number of guanidine groups is 1. The number of benzene rings is 1. The van der Waals surface area contributed by atoms with Gasteiger partial charge in [0.2, 0.25) is 10.0 Å². The van der Waals surface area contributed by atoms with E-state index in [1.165, 1.54) is 4.31 Å². The Bertz CT molecular complexity index is 709. The summed E-state index contributed by atoms with van der Waals surface area (Å²) < 4.78 is 25.1. The van der Waals surface area contributed by atoms with E-state index in [9.17, 15) is 8.42 Å². The second kappa shape index (κ2) is 8.38. The molecule has 1 aromatic rings. The lowest BCUT2D eigenvalue weighted by molar-refractivity contribution is 0.432. The monoisotopic (exact) mass is 392 g/mol. The highest BCUT2D eigenvalue weighted by molar-refractivity contribution is 7.89. The standard InChI is InChI=1S/C15H22Cl2N4O2S/c1-18-15(19-6-8-21-7-3-9-24(21,22)23)20(2)11-12-4-5-13(16)14(17)10-12/h4-5,10H,3,6-9,11H2,1-2H3,(H,18,19). The molecule has 1 aromatic carbocycles. The van der Waals surface area contributed by atoms with Crippen LogP contribution in [-0.2, 0) is 16.6 Å². The van der Waals surface area contributed by atoms with E-state index in [-0.39, 0.29) is 5.75 Å². The van der Waals surface area contributed by atoms with E-state index in [0.29, 0.717) is 48.6 Å². The molecule has 0 atom stereocenters. The second-order valence-corrected chi connectivity index (χ2v) is 8.55. The number of aliphatic imine (C=N–C) groups is 1. The molecular formula is C15H22Cl2N4O2S. The molecule has 24 heavy (non-hydrogen) atoms. The van der Waals surface area contributed by atoms with Gasteiger partial charge in [-0.15, -0.1) is 0 Å². The van der Waals surface area contributed by atoms with E-state index in [0.717, 1.165) is 5.56 Å². The maximum Gasteiger partial charge on any atom is 0.214 e. The van der Waals surface area contributed by atoms with Crippen LogP contribution in [0.3, 0.4) is 0 Å². The summed E-state index contributed by atoms with van der Waals surface area (Å²) in [5.74, 6) is 0.941. The molecule has 1 aliphatic heterocycles. The van der Waals surface area contributed by atoms with Gasteiger partial charge in [0.05, 0.1) is 15.8 Å². The molecule has 0 amide bonds. The topological polar surface area (TPSA) is 65.0 Å². The lowest BCUT2D eigenvalue weighted by Gasteiger charge is -2.23. The van der Waals surface area contributed by atoms with Gasteiger partial charge in [-0.1, -0.05) is 29.3 Å². The van der Waals surface area contributed by atoms with Crippen molar-refractivity contribution in [3.05, 3.63) is 33.8 Å². The zero-order valence-electron chi connectivity index (χ0n) is 13.8. The number of halogens is 2. The van der Waals surface area contributed by atoms with Crippen molar-refractivity contribution in [2.24, 2.45) is 4.99 Å². The number of nitrogens with one attached hydrogen (secondary N) is 1. The number of hydrogen-bond acceptors (Lipinski definition) is 3. The predicted octanol–water partition coefficient (Wildman–Crippen LogP) is 2.04. The highest BCUT2D eigenvalue weighted by Crippen LogP contribution is 2.23. The molecule has 134 valence electrons. The Labute approximate surface area is 153 Å². The minimum atomic E-state index is -3.06. The molecule has 6 nitrogen and oxygen atoms in total. The smallest absolute Gasteiger partial charge is 0.214 e. The highest BCUT2D eigenvalue weighted by Gasteiger charge is 2.27. The molecule has 2 rings (SSSR count). The average molecular weight is 393 g/mol. The van der Waals surface area contributed by atoms with Gasteiger partial charge in [0.15, 0.2) is 5.96 Å². The van der Waals surface area contributed by atoms with Crippen LogP contribution in [0.5, 0.6) is 0 Å². The minimum Gasteiger partial charge on any atom is -0.355 e. The van der Waals surface area contributed by atoms with Gasteiger partial charge < -0.3 is 10.2 Å². The number of hydrogen-bond donors (Lipinski definition) is 1. The average Bonchev–Trinajstić information content (AvgIpc) is 2.86. The van der Waals surface area contributed by atoms with Gasteiger partial charge in [-0.05, 0) is 24.1 Å². The maximum absolute atomic E-state index is 11.8. The number of nitrogens with zero attached hydrogens (tertiary/aromatic N) is 3. The fraction of sp³-hybridized carbons (Fsp3) is 0.533. The summed E-state index contributed by atoms with van der Waals surface area (Å²) in [6, 6.07) is 5.50. The van der Waals surface area contributed by atoms with Crippen molar-refractivity contribution in [1.29, 1.82) is 0 Å². The lowest BCUT2D eigenvalue weighted by Crippen LogP contribution is -2.42. The SMILES string of the molecule is CN=C(NCCN1CCCS1(=O)=O)N(C)Cc1ccc(Cl)c(Cl)c1. The largest absolute Gasteiger partial charge is 0.355 e. The van der Waals surface area contributed by atoms with E-state index >= 15 is 0 Å². The number of sulfonamides is 1. The lowest BCUT2D eigenvalue weighted by atomic mass is 10.2. The Kier molecular flexibility index (Phi) is 6.74. The molecule has 9 heteroatoms. The van der Waals surface area contributed by atoms with Crippen molar-refractivity contribution in [1.82, 2.24) is 14.5 Å². The summed E-state index contributed by atoms with van der Waals surface area (Å²) in [5.41, 5.74) is 1.01. The molecule has 0 radical (unpaired) electrons. The summed E-state index contributed by atoms with van der Waals surface area (Å²) in [4.78, 5) is 6.17. The Morgan fingerprint density at radius 2 is 2.12 bits per heavy atom. The molecule has 1 saturated heterocycles. The van der Waals surface area contributed by atoms with Crippen molar-refractivity contribution in [3.63, 3.8) is 0 Å². The van der Waals surface area contributed by atoms with Crippen LogP contribution in [0.4, 0.5) is 0 Å². The molecular weight excluding hydrogens is 371 g/mol. The van der Waals surface area contributed by atoms with Crippen LogP contribution in [0.1, 0.15) is 12.0 Å². The molecule has 0 bridgehead atoms. The molecule has 0 unspecified atom stereocenters. The van der Waals surface area contributed by atoms with Gasteiger partial charge in [0.1, 0.15) is 0 Å². The van der Waals surface area contributed by atoms with Gasteiger partial charge in [0.25, 0.3) is 0 Å². The van der Waals surface area contributed by atoms with Crippen molar-refractivity contribution in [3.8, 4) is 0 Å². The van der Waals surface area contributed by atoms with E-state index in [2.05, 4.69) is 10.3 Å². The van der Waals surface area contributed by atoms with Gasteiger partial charge in [-0.25, -0.2) is 12.7 Å². The molecule has 0 saturated carbocycles. The molecule has 0 aliphatic carbocycles. The van der Waals surface area contributed by atoms with Crippen LogP contribution < -0.4 is 5.32 Å². The third-order valence-corrected chi connectivity index (χ3v) is 6.52. The molecule has 0 aromatic heterocycles. The fourth-order valence-electron chi connectivity index (χ4n) is 2.61. The van der Waals surface area contributed by atoms with Crippen molar-refractivity contribution in [2.45, 2.75) is 13.0 Å². The van der Waals surface area contributed by atoms with E-state index in [4.69, 9.17) is 23.2 Å². The highest BCUT2D eigenvalue weighted by atomic mass is 35.5. The van der Waals surface area contributed by atoms with Crippen molar-refractivity contribution in [2.75, 3.05) is 39.5 Å². The first-order chi connectivity index (χ1) is 11.3. The third kappa shape index (κ3) is 4.99. The van der Waals surface area contributed by atoms with E-state index in [1.807, 2.05) is 24.1 Å². The van der Waals surface area contributed by atoms with Gasteiger partial charge in [-0.2, -0.15) is 0 Å². The van der Waals surface area contributed by atoms with E-state index < -0.39 is 10.0 Å². The van der Waals surface area contributed by atoms with Gasteiger partial charge in [0, 0.05) is 40.3 Å². The minimum absolute atomic E-state index is 0.249. The second-order valence-electron chi connectivity index (χ2n) is 5.65.